The van der Waals surface area contributed by atoms with Crippen LogP contribution in [-0.4, -0.2) is 41.2 Å². The van der Waals surface area contributed by atoms with E-state index in [9.17, 15) is 9.18 Å². The quantitative estimate of drug-likeness (QED) is 0.850. The van der Waals surface area contributed by atoms with Crippen LogP contribution in [0.5, 0.6) is 6.01 Å². The SMILES string of the molecule is COc1nc(CNC(=O)Nc2ccc(C)c(F)c2)nc(N2CCCC2)n1. The molecule has 0 aliphatic carbocycles. The maximum atomic E-state index is 13.5. The molecule has 1 fully saturated rings. The molecule has 9 heteroatoms. The number of ether oxygens (including phenoxy) is 1. The number of urea groups is 1. The van der Waals surface area contributed by atoms with Crippen molar-refractivity contribution in [3.8, 4) is 6.01 Å². The number of carbonyl (C=O) groups excluding carboxylic acids is 1. The molecule has 0 unspecified atom stereocenters. The van der Waals surface area contributed by atoms with E-state index in [1.165, 1.54) is 13.2 Å². The molecule has 2 N–H and O–H groups in total. The average molecular weight is 360 g/mol. The lowest BCUT2D eigenvalue weighted by molar-refractivity contribution is 0.251. The van der Waals surface area contributed by atoms with Crippen LogP contribution in [-0.2, 0) is 6.54 Å². The van der Waals surface area contributed by atoms with Crippen molar-refractivity contribution in [2.75, 3.05) is 30.4 Å². The molecule has 138 valence electrons. The van der Waals surface area contributed by atoms with E-state index in [4.69, 9.17) is 4.74 Å². The van der Waals surface area contributed by atoms with Gasteiger partial charge >= 0.3 is 12.0 Å². The molecular formula is C17H21FN6O2. The van der Waals surface area contributed by atoms with Gasteiger partial charge in [-0.2, -0.15) is 15.0 Å². The fourth-order valence-corrected chi connectivity index (χ4v) is 2.62. The number of aromatic nitrogens is 3. The zero-order chi connectivity index (χ0) is 18.5. The predicted molar refractivity (Wildman–Crippen MR) is 94.8 cm³/mol. The molecule has 1 aromatic carbocycles. The van der Waals surface area contributed by atoms with E-state index in [1.54, 1.807) is 19.1 Å². The van der Waals surface area contributed by atoms with E-state index in [-0.39, 0.29) is 18.4 Å². The Morgan fingerprint density at radius 3 is 2.73 bits per heavy atom. The van der Waals surface area contributed by atoms with Crippen LogP contribution < -0.4 is 20.3 Å². The summed E-state index contributed by atoms with van der Waals surface area (Å²) in [6.45, 7) is 3.53. The normalized spacial score (nSPS) is 13.6. The lowest BCUT2D eigenvalue weighted by Crippen LogP contribution is -2.30. The molecule has 1 saturated heterocycles. The van der Waals surface area contributed by atoms with E-state index in [0.29, 0.717) is 23.0 Å². The summed E-state index contributed by atoms with van der Waals surface area (Å²) < 4.78 is 18.7. The monoisotopic (exact) mass is 360 g/mol. The second-order valence-electron chi connectivity index (χ2n) is 6.00. The summed E-state index contributed by atoms with van der Waals surface area (Å²) in [4.78, 5) is 26.9. The Labute approximate surface area is 150 Å². The van der Waals surface area contributed by atoms with E-state index in [2.05, 4.69) is 30.5 Å². The van der Waals surface area contributed by atoms with Crippen molar-refractivity contribution in [2.24, 2.45) is 0 Å². The van der Waals surface area contributed by atoms with Crippen molar-refractivity contribution < 1.29 is 13.9 Å². The third-order valence-electron chi connectivity index (χ3n) is 4.06. The van der Waals surface area contributed by atoms with Crippen molar-refractivity contribution in [1.29, 1.82) is 0 Å². The minimum atomic E-state index is -0.477. The number of amides is 2. The summed E-state index contributed by atoms with van der Waals surface area (Å²) in [7, 11) is 1.49. The highest BCUT2D eigenvalue weighted by molar-refractivity contribution is 5.89. The van der Waals surface area contributed by atoms with Crippen LogP contribution in [0.25, 0.3) is 0 Å². The summed E-state index contributed by atoms with van der Waals surface area (Å²) in [6.07, 6.45) is 2.19. The predicted octanol–water partition coefficient (Wildman–Crippen LogP) is 2.25. The van der Waals surface area contributed by atoms with Gasteiger partial charge in [0.15, 0.2) is 5.82 Å². The van der Waals surface area contributed by atoms with Gasteiger partial charge in [-0.1, -0.05) is 6.07 Å². The van der Waals surface area contributed by atoms with Crippen LogP contribution in [0.1, 0.15) is 24.2 Å². The highest BCUT2D eigenvalue weighted by Gasteiger charge is 2.18. The molecule has 1 aliphatic heterocycles. The van der Waals surface area contributed by atoms with Crippen molar-refractivity contribution in [3.63, 3.8) is 0 Å². The first-order valence-corrected chi connectivity index (χ1v) is 8.40. The molecule has 2 heterocycles. The van der Waals surface area contributed by atoms with Crippen molar-refractivity contribution in [3.05, 3.63) is 35.4 Å². The zero-order valence-corrected chi connectivity index (χ0v) is 14.8. The number of nitrogens with one attached hydrogen (secondary N) is 2. The van der Waals surface area contributed by atoms with Crippen molar-refractivity contribution in [1.82, 2.24) is 20.3 Å². The molecule has 1 aromatic heterocycles. The number of hydrogen-bond donors (Lipinski definition) is 2. The summed E-state index contributed by atoms with van der Waals surface area (Å²) in [5.41, 5.74) is 0.888. The topological polar surface area (TPSA) is 92.3 Å². The molecule has 8 nitrogen and oxygen atoms in total. The van der Waals surface area contributed by atoms with Gasteiger partial charge in [-0.05, 0) is 37.5 Å². The van der Waals surface area contributed by atoms with Crippen LogP contribution >= 0.6 is 0 Å². The number of aryl methyl sites for hydroxylation is 1. The van der Waals surface area contributed by atoms with Gasteiger partial charge in [-0.15, -0.1) is 0 Å². The number of carbonyl (C=O) groups is 1. The van der Waals surface area contributed by atoms with Crippen LogP contribution in [0, 0.1) is 12.7 Å². The van der Waals surface area contributed by atoms with Gasteiger partial charge < -0.3 is 20.3 Å². The highest BCUT2D eigenvalue weighted by Crippen LogP contribution is 2.18. The number of methoxy groups -OCH3 is 1. The Balaban J connectivity index is 1.63. The molecule has 3 rings (SSSR count). The van der Waals surface area contributed by atoms with Gasteiger partial charge in [0.2, 0.25) is 5.95 Å². The molecule has 0 saturated carbocycles. The summed E-state index contributed by atoms with van der Waals surface area (Å²) in [6, 6.07) is 4.24. The lowest BCUT2D eigenvalue weighted by Gasteiger charge is -2.16. The van der Waals surface area contributed by atoms with E-state index in [0.717, 1.165) is 25.9 Å². The Morgan fingerprint density at radius 2 is 2.04 bits per heavy atom. The maximum Gasteiger partial charge on any atom is 0.321 e. The first-order valence-electron chi connectivity index (χ1n) is 8.40. The average Bonchev–Trinajstić information content (AvgIpc) is 3.17. The smallest absolute Gasteiger partial charge is 0.321 e. The summed E-state index contributed by atoms with van der Waals surface area (Å²) in [5, 5.41) is 5.23. The van der Waals surface area contributed by atoms with Gasteiger partial charge in [0.1, 0.15) is 5.82 Å². The number of anilines is 2. The first-order chi connectivity index (χ1) is 12.5. The van der Waals surface area contributed by atoms with Gasteiger partial charge in [0, 0.05) is 18.8 Å². The van der Waals surface area contributed by atoms with Gasteiger partial charge in [-0.3, -0.25) is 0 Å². The molecule has 0 spiro atoms. The van der Waals surface area contributed by atoms with Crippen molar-refractivity contribution in [2.45, 2.75) is 26.3 Å². The van der Waals surface area contributed by atoms with Crippen LogP contribution in [0.3, 0.4) is 0 Å². The van der Waals surface area contributed by atoms with Gasteiger partial charge in [-0.25, -0.2) is 9.18 Å². The second kappa shape index (κ2) is 7.94. The number of hydrogen-bond acceptors (Lipinski definition) is 6. The largest absolute Gasteiger partial charge is 0.467 e. The van der Waals surface area contributed by atoms with Crippen LogP contribution in [0.2, 0.25) is 0 Å². The molecule has 1 aliphatic rings. The standard InChI is InChI=1S/C17H21FN6O2/c1-11-5-6-12(9-13(11)18)20-16(25)19-10-14-21-15(23-17(22-14)26-2)24-7-3-4-8-24/h5-6,9H,3-4,7-8,10H2,1-2H3,(H2,19,20,25). The Bertz CT molecular complexity index is 795. The molecule has 0 atom stereocenters. The zero-order valence-electron chi connectivity index (χ0n) is 14.8. The van der Waals surface area contributed by atoms with E-state index < -0.39 is 6.03 Å². The fourth-order valence-electron chi connectivity index (χ4n) is 2.62. The Hall–Kier alpha value is -2.97. The first kappa shape index (κ1) is 17.8. The minimum absolute atomic E-state index is 0.0971. The van der Waals surface area contributed by atoms with Crippen molar-refractivity contribution >= 4 is 17.7 Å². The Morgan fingerprint density at radius 1 is 1.27 bits per heavy atom. The molecule has 26 heavy (non-hydrogen) atoms. The van der Waals surface area contributed by atoms with E-state index in [1.807, 2.05) is 0 Å². The second-order valence-corrected chi connectivity index (χ2v) is 6.00. The minimum Gasteiger partial charge on any atom is -0.467 e. The molecule has 2 aromatic rings. The van der Waals surface area contributed by atoms with Crippen LogP contribution in [0.15, 0.2) is 18.2 Å². The number of rotatable bonds is 5. The summed E-state index contributed by atoms with van der Waals surface area (Å²) in [5.74, 6) is 0.566. The number of halogens is 1. The van der Waals surface area contributed by atoms with Gasteiger partial charge in [0.25, 0.3) is 0 Å². The Kier molecular flexibility index (Phi) is 5.45. The maximum absolute atomic E-state index is 13.5. The number of nitrogens with zero attached hydrogens (tertiary/aromatic N) is 4. The fraction of sp³-hybridized carbons (Fsp3) is 0.412. The highest BCUT2D eigenvalue weighted by atomic mass is 19.1. The van der Waals surface area contributed by atoms with E-state index >= 15 is 0 Å². The molecular weight excluding hydrogens is 339 g/mol. The third kappa shape index (κ3) is 4.35. The molecule has 0 bridgehead atoms. The van der Waals surface area contributed by atoms with Gasteiger partial charge in [0.05, 0.1) is 13.7 Å². The third-order valence-corrected chi connectivity index (χ3v) is 4.06. The molecule has 0 radical (unpaired) electrons. The molecule has 2 amide bonds. The number of benzene rings is 1. The summed E-state index contributed by atoms with van der Waals surface area (Å²) >= 11 is 0. The van der Waals surface area contributed by atoms with Crippen LogP contribution in [0.4, 0.5) is 20.8 Å². The lowest BCUT2D eigenvalue weighted by atomic mass is 10.2.